The minimum absolute atomic E-state index is 0.226. The van der Waals surface area contributed by atoms with Gasteiger partial charge in [0, 0.05) is 13.2 Å². The van der Waals surface area contributed by atoms with Gasteiger partial charge in [-0.05, 0) is 36.8 Å². The normalized spacial score (nSPS) is 12.4. The Kier molecular flexibility index (Phi) is 7.90. The lowest BCUT2D eigenvalue weighted by Gasteiger charge is -2.17. The van der Waals surface area contributed by atoms with Crippen molar-refractivity contribution in [2.45, 2.75) is 40.0 Å². The monoisotopic (exact) mass is 295 g/mol. The molecule has 1 unspecified atom stereocenters. The summed E-state index contributed by atoms with van der Waals surface area (Å²) >= 11 is 0. The van der Waals surface area contributed by atoms with Gasteiger partial charge < -0.3 is 20.9 Å². The van der Waals surface area contributed by atoms with E-state index in [1.165, 1.54) is 0 Å². The number of nitrogens with two attached hydrogens (primary N) is 1. The van der Waals surface area contributed by atoms with Crippen LogP contribution in [0.4, 0.5) is 11.5 Å². The highest BCUT2D eigenvalue weighted by atomic mass is 16.5. The molecule has 0 radical (unpaired) electrons. The van der Waals surface area contributed by atoms with Crippen molar-refractivity contribution in [3.05, 3.63) is 12.1 Å². The van der Waals surface area contributed by atoms with Crippen molar-refractivity contribution < 1.29 is 9.84 Å². The summed E-state index contributed by atoms with van der Waals surface area (Å²) in [7, 11) is 0. The number of aromatic nitrogens is 1. The molecule has 1 aromatic rings. The molecule has 1 rings (SSSR count). The summed E-state index contributed by atoms with van der Waals surface area (Å²) in [6.07, 6.45) is 3.02. The van der Waals surface area contributed by atoms with E-state index < -0.39 is 0 Å². The second kappa shape index (κ2) is 9.45. The average molecular weight is 295 g/mol. The van der Waals surface area contributed by atoms with Gasteiger partial charge in [-0.25, -0.2) is 0 Å². The molecule has 21 heavy (non-hydrogen) atoms. The van der Waals surface area contributed by atoms with Gasteiger partial charge in [0.1, 0.15) is 5.82 Å². The molecule has 0 aliphatic carbocycles. The molecule has 1 aromatic heterocycles. The third-order valence-corrected chi connectivity index (χ3v) is 3.25. The number of hydrogen-bond acceptors (Lipinski definition) is 5. The maximum Gasteiger partial charge on any atom is 0.239 e. The molecule has 0 aliphatic heterocycles. The summed E-state index contributed by atoms with van der Waals surface area (Å²) in [5.74, 6) is 2.14. The fourth-order valence-electron chi connectivity index (χ4n) is 2.10. The smallest absolute Gasteiger partial charge is 0.239 e. The fraction of sp³-hybridized carbons (Fsp3) is 0.688. The first kappa shape index (κ1) is 17.6. The van der Waals surface area contributed by atoms with Crippen molar-refractivity contribution in [2.24, 2.45) is 11.8 Å². The molecule has 0 aliphatic rings. The van der Waals surface area contributed by atoms with Gasteiger partial charge in [0.15, 0.2) is 0 Å². The molecule has 5 nitrogen and oxygen atoms in total. The molecule has 0 saturated carbocycles. The zero-order chi connectivity index (χ0) is 15.7. The van der Waals surface area contributed by atoms with Gasteiger partial charge in [0.2, 0.25) is 5.88 Å². The van der Waals surface area contributed by atoms with Gasteiger partial charge in [0.05, 0.1) is 12.3 Å². The SMILES string of the molecule is CCCC(CCO)CNc1ccc(N)c(OCC(C)C)n1. The van der Waals surface area contributed by atoms with Gasteiger partial charge in [0.25, 0.3) is 0 Å². The summed E-state index contributed by atoms with van der Waals surface area (Å²) in [4.78, 5) is 4.42. The maximum absolute atomic E-state index is 9.08. The first-order valence-corrected chi connectivity index (χ1v) is 7.80. The molecule has 4 N–H and O–H groups in total. The van der Waals surface area contributed by atoms with Crippen molar-refractivity contribution in [1.82, 2.24) is 4.98 Å². The minimum atomic E-state index is 0.226. The second-order valence-electron chi connectivity index (χ2n) is 5.84. The fourth-order valence-corrected chi connectivity index (χ4v) is 2.10. The standard InChI is InChI=1S/C16H29N3O2/c1-4-5-13(8-9-20)10-18-15-7-6-14(17)16(19-15)21-11-12(2)3/h6-7,12-13,20H,4-5,8-11,17H2,1-3H3,(H,18,19). The lowest BCUT2D eigenvalue weighted by Crippen LogP contribution is -2.17. The van der Waals surface area contributed by atoms with Crippen molar-refractivity contribution in [3.8, 4) is 5.88 Å². The Balaban J connectivity index is 2.60. The van der Waals surface area contributed by atoms with Crippen LogP contribution in [-0.4, -0.2) is 29.8 Å². The highest BCUT2D eigenvalue weighted by molar-refractivity contribution is 5.53. The Morgan fingerprint density at radius 1 is 1.33 bits per heavy atom. The van der Waals surface area contributed by atoms with E-state index in [9.17, 15) is 0 Å². The molecular formula is C16H29N3O2. The van der Waals surface area contributed by atoms with Gasteiger partial charge in [-0.3, -0.25) is 0 Å². The van der Waals surface area contributed by atoms with Crippen molar-refractivity contribution in [3.63, 3.8) is 0 Å². The van der Waals surface area contributed by atoms with Gasteiger partial charge in [-0.2, -0.15) is 4.98 Å². The van der Waals surface area contributed by atoms with Crippen LogP contribution >= 0.6 is 0 Å². The van der Waals surface area contributed by atoms with Gasteiger partial charge in [-0.1, -0.05) is 27.2 Å². The van der Waals surface area contributed by atoms with Gasteiger partial charge >= 0.3 is 0 Å². The van der Waals surface area contributed by atoms with E-state index in [1.54, 1.807) is 0 Å². The molecule has 0 amide bonds. The van der Waals surface area contributed by atoms with Crippen LogP contribution < -0.4 is 15.8 Å². The van der Waals surface area contributed by atoms with Crippen LogP contribution in [0.15, 0.2) is 12.1 Å². The quantitative estimate of drug-likeness (QED) is 0.618. The Bertz CT molecular complexity index is 405. The predicted octanol–water partition coefficient (Wildman–Crippen LogP) is 2.91. The average Bonchev–Trinajstić information content (AvgIpc) is 2.45. The van der Waals surface area contributed by atoms with Crippen LogP contribution in [-0.2, 0) is 0 Å². The molecule has 0 spiro atoms. The van der Waals surface area contributed by atoms with Crippen molar-refractivity contribution >= 4 is 11.5 Å². The number of nitrogens with one attached hydrogen (secondary N) is 1. The number of aliphatic hydroxyl groups excluding tert-OH is 1. The second-order valence-corrected chi connectivity index (χ2v) is 5.84. The molecule has 0 saturated heterocycles. The summed E-state index contributed by atoms with van der Waals surface area (Å²) in [6.45, 7) is 7.96. The van der Waals surface area contributed by atoms with E-state index >= 15 is 0 Å². The first-order valence-electron chi connectivity index (χ1n) is 7.80. The van der Waals surface area contributed by atoms with E-state index in [0.29, 0.717) is 30.0 Å². The number of pyridine rings is 1. The molecule has 0 aromatic carbocycles. The van der Waals surface area contributed by atoms with Crippen LogP contribution in [0.3, 0.4) is 0 Å². The number of aliphatic hydroxyl groups is 1. The molecule has 0 fully saturated rings. The Hall–Kier alpha value is -1.49. The highest BCUT2D eigenvalue weighted by Gasteiger charge is 2.09. The number of nitrogen functional groups attached to an aromatic ring is 1. The van der Waals surface area contributed by atoms with Crippen LogP contribution in [0.25, 0.3) is 0 Å². The first-order chi connectivity index (χ1) is 10.1. The maximum atomic E-state index is 9.08. The Morgan fingerprint density at radius 2 is 2.10 bits per heavy atom. The van der Waals surface area contributed by atoms with Crippen LogP contribution in [0, 0.1) is 11.8 Å². The Labute approximate surface area is 127 Å². The van der Waals surface area contributed by atoms with Crippen LogP contribution in [0.5, 0.6) is 5.88 Å². The largest absolute Gasteiger partial charge is 0.476 e. The van der Waals surface area contributed by atoms with E-state index in [0.717, 1.165) is 31.6 Å². The lowest BCUT2D eigenvalue weighted by atomic mass is 10.0. The summed E-state index contributed by atoms with van der Waals surface area (Å²) in [6, 6.07) is 3.67. The zero-order valence-corrected chi connectivity index (χ0v) is 13.4. The zero-order valence-electron chi connectivity index (χ0n) is 13.4. The van der Waals surface area contributed by atoms with E-state index in [-0.39, 0.29) is 6.61 Å². The number of nitrogens with zero attached hydrogens (tertiary/aromatic N) is 1. The number of rotatable bonds is 10. The minimum Gasteiger partial charge on any atom is -0.476 e. The van der Waals surface area contributed by atoms with E-state index in [1.807, 2.05) is 12.1 Å². The lowest BCUT2D eigenvalue weighted by molar-refractivity contribution is 0.255. The van der Waals surface area contributed by atoms with Gasteiger partial charge in [-0.15, -0.1) is 0 Å². The molecular weight excluding hydrogens is 266 g/mol. The summed E-state index contributed by atoms with van der Waals surface area (Å²) in [5.41, 5.74) is 6.44. The highest BCUT2D eigenvalue weighted by Crippen LogP contribution is 2.22. The van der Waals surface area contributed by atoms with Crippen molar-refractivity contribution in [2.75, 3.05) is 30.8 Å². The molecule has 120 valence electrons. The third kappa shape index (κ3) is 6.67. The van der Waals surface area contributed by atoms with Crippen LogP contribution in [0.1, 0.15) is 40.0 Å². The molecule has 1 atom stereocenters. The van der Waals surface area contributed by atoms with Crippen LogP contribution in [0.2, 0.25) is 0 Å². The number of ether oxygens (including phenoxy) is 1. The van der Waals surface area contributed by atoms with E-state index in [2.05, 4.69) is 31.1 Å². The molecule has 0 bridgehead atoms. The summed E-state index contributed by atoms with van der Waals surface area (Å²) in [5, 5.41) is 12.4. The van der Waals surface area contributed by atoms with E-state index in [4.69, 9.17) is 15.6 Å². The number of anilines is 2. The topological polar surface area (TPSA) is 80.4 Å². The third-order valence-electron chi connectivity index (χ3n) is 3.25. The predicted molar refractivity (Wildman–Crippen MR) is 87.6 cm³/mol. The molecule has 1 heterocycles. The van der Waals surface area contributed by atoms with Crippen molar-refractivity contribution in [1.29, 1.82) is 0 Å². The number of hydrogen-bond donors (Lipinski definition) is 3. The summed E-state index contributed by atoms with van der Waals surface area (Å²) < 4.78 is 5.62. The molecule has 5 heteroatoms. The Morgan fingerprint density at radius 3 is 2.71 bits per heavy atom.